The molecule has 0 bridgehead atoms. The fourth-order valence-corrected chi connectivity index (χ4v) is 2.16. The van der Waals surface area contributed by atoms with Crippen molar-refractivity contribution in [1.82, 2.24) is 0 Å². The molecule has 5 heteroatoms. The molecule has 0 radical (unpaired) electrons. The molecule has 0 aliphatic carbocycles. The molecule has 0 aromatic rings. The highest BCUT2D eigenvalue weighted by Crippen LogP contribution is 2.19. The number of aliphatic imine (C=N–C) groups is 1. The molecule has 0 aromatic carbocycles. The second-order valence-corrected chi connectivity index (χ2v) is 4.39. The zero-order valence-corrected chi connectivity index (χ0v) is 8.70. The first-order valence-corrected chi connectivity index (χ1v) is 5.77. The minimum absolute atomic E-state index is 0.0321. The molecule has 0 amide bonds. The van der Waals surface area contributed by atoms with Gasteiger partial charge in [-0.3, -0.25) is 4.99 Å². The molecule has 1 nitrogen and oxygen atoms in total. The minimum atomic E-state index is -2.83. The van der Waals surface area contributed by atoms with Crippen LogP contribution in [0, 0.1) is 0 Å². The first kappa shape index (κ1) is 11.9. The Bertz CT molecular complexity index is 196. The molecule has 1 atom stereocenters. The van der Waals surface area contributed by atoms with Crippen molar-refractivity contribution in [3.05, 3.63) is 0 Å². The maximum atomic E-state index is 12.4. The normalized spacial score (nSPS) is 18.7. The van der Waals surface area contributed by atoms with Crippen LogP contribution in [-0.2, 0) is 0 Å². The van der Waals surface area contributed by atoms with Crippen LogP contribution in [0.15, 0.2) is 4.99 Å². The Morgan fingerprint density at radius 2 is 2.07 bits per heavy atom. The van der Waals surface area contributed by atoms with Crippen LogP contribution in [0.25, 0.3) is 0 Å². The van der Waals surface area contributed by atoms with Gasteiger partial charge in [0.05, 0.1) is 5.04 Å². The molecule has 0 spiro atoms. The predicted molar refractivity (Wildman–Crippen MR) is 54.1 cm³/mol. The smallest absolute Gasteiger partial charge is 0.269 e. The van der Waals surface area contributed by atoms with E-state index in [-0.39, 0.29) is 6.42 Å². The number of rotatable bonds is 6. The fraction of sp³-hybridized carbons (Fsp3) is 0.889. The molecule has 1 heterocycles. The van der Waals surface area contributed by atoms with E-state index in [1.807, 2.05) is 0 Å². The zero-order chi connectivity index (χ0) is 10.4. The Balaban J connectivity index is 1.99. The molecule has 14 heavy (non-hydrogen) atoms. The van der Waals surface area contributed by atoms with Gasteiger partial charge in [0.2, 0.25) is 0 Å². The van der Waals surface area contributed by atoms with Crippen LogP contribution in [0.4, 0.5) is 13.2 Å². The maximum Gasteiger partial charge on any atom is 0.269 e. The Morgan fingerprint density at radius 1 is 1.29 bits per heavy atom. The van der Waals surface area contributed by atoms with Crippen LogP contribution in [0.5, 0.6) is 0 Å². The van der Waals surface area contributed by atoms with E-state index in [4.69, 9.17) is 0 Å². The van der Waals surface area contributed by atoms with Crippen molar-refractivity contribution < 1.29 is 13.2 Å². The SMILES string of the molecule is FC(F)C(F)CCCCC1=NCCS1. The van der Waals surface area contributed by atoms with E-state index in [9.17, 15) is 13.2 Å². The first-order valence-electron chi connectivity index (χ1n) is 4.78. The topological polar surface area (TPSA) is 12.4 Å². The molecule has 0 saturated carbocycles. The summed E-state index contributed by atoms with van der Waals surface area (Å²) in [6, 6.07) is 0. The third-order valence-electron chi connectivity index (χ3n) is 2.04. The van der Waals surface area contributed by atoms with Crippen LogP contribution < -0.4 is 0 Å². The quantitative estimate of drug-likeness (QED) is 0.632. The van der Waals surface area contributed by atoms with Gasteiger partial charge in [0.25, 0.3) is 6.43 Å². The molecule has 82 valence electrons. The molecule has 0 saturated heterocycles. The summed E-state index contributed by atoms with van der Waals surface area (Å²) >= 11 is 1.72. The third kappa shape index (κ3) is 4.35. The van der Waals surface area contributed by atoms with Gasteiger partial charge in [0, 0.05) is 12.3 Å². The molecule has 1 aliphatic heterocycles. The summed E-state index contributed by atoms with van der Waals surface area (Å²) in [5.41, 5.74) is 0. The zero-order valence-electron chi connectivity index (χ0n) is 7.89. The van der Waals surface area contributed by atoms with E-state index in [0.717, 1.165) is 30.2 Å². The van der Waals surface area contributed by atoms with Gasteiger partial charge in [-0.05, 0) is 25.7 Å². The van der Waals surface area contributed by atoms with Crippen molar-refractivity contribution >= 4 is 16.8 Å². The van der Waals surface area contributed by atoms with Gasteiger partial charge in [-0.1, -0.05) is 0 Å². The van der Waals surface area contributed by atoms with Crippen molar-refractivity contribution in [1.29, 1.82) is 0 Å². The lowest BCUT2D eigenvalue weighted by molar-refractivity contribution is 0.0442. The van der Waals surface area contributed by atoms with Crippen LogP contribution >= 0.6 is 11.8 Å². The van der Waals surface area contributed by atoms with Crippen molar-refractivity contribution in [3.8, 4) is 0 Å². The van der Waals surface area contributed by atoms with Crippen LogP contribution in [0.1, 0.15) is 25.7 Å². The Hall–Kier alpha value is -0.190. The summed E-state index contributed by atoms with van der Waals surface area (Å²) in [6.07, 6.45) is -2.71. The molecule has 1 aliphatic rings. The minimum Gasteiger partial charge on any atom is -0.282 e. The molecule has 1 rings (SSSR count). The maximum absolute atomic E-state index is 12.4. The number of unbranched alkanes of at least 4 members (excludes halogenated alkanes) is 1. The Morgan fingerprint density at radius 3 is 2.64 bits per heavy atom. The molecule has 0 N–H and O–H groups in total. The molecule has 1 unspecified atom stereocenters. The summed E-state index contributed by atoms with van der Waals surface area (Å²) in [5, 5.41) is 1.09. The second-order valence-electron chi connectivity index (χ2n) is 3.22. The largest absolute Gasteiger partial charge is 0.282 e. The van der Waals surface area contributed by atoms with Crippen LogP contribution in [0.2, 0.25) is 0 Å². The number of hydrogen-bond acceptors (Lipinski definition) is 2. The van der Waals surface area contributed by atoms with Gasteiger partial charge in [-0.2, -0.15) is 0 Å². The lowest BCUT2D eigenvalue weighted by atomic mass is 10.1. The van der Waals surface area contributed by atoms with E-state index in [1.54, 1.807) is 11.8 Å². The van der Waals surface area contributed by atoms with Crippen molar-refractivity contribution in [3.63, 3.8) is 0 Å². The van der Waals surface area contributed by atoms with E-state index in [2.05, 4.69) is 4.99 Å². The number of nitrogens with zero attached hydrogens (tertiary/aromatic N) is 1. The Kier molecular flexibility index (Phi) is 5.37. The number of thioether (sulfide) groups is 1. The summed E-state index contributed by atoms with van der Waals surface area (Å²) < 4.78 is 35.9. The van der Waals surface area contributed by atoms with Gasteiger partial charge in [0.1, 0.15) is 0 Å². The average molecular weight is 225 g/mol. The van der Waals surface area contributed by atoms with Crippen molar-refractivity contribution in [2.75, 3.05) is 12.3 Å². The van der Waals surface area contributed by atoms with E-state index in [1.165, 1.54) is 0 Å². The lowest BCUT2D eigenvalue weighted by Crippen LogP contribution is -2.11. The van der Waals surface area contributed by atoms with Gasteiger partial charge in [-0.15, -0.1) is 11.8 Å². The number of alkyl halides is 3. The van der Waals surface area contributed by atoms with Gasteiger partial charge in [-0.25, -0.2) is 13.2 Å². The van der Waals surface area contributed by atoms with E-state index < -0.39 is 12.6 Å². The number of halogens is 3. The fourth-order valence-electron chi connectivity index (χ4n) is 1.27. The van der Waals surface area contributed by atoms with Gasteiger partial charge < -0.3 is 0 Å². The van der Waals surface area contributed by atoms with E-state index >= 15 is 0 Å². The lowest BCUT2D eigenvalue weighted by Gasteiger charge is -2.05. The highest BCUT2D eigenvalue weighted by molar-refractivity contribution is 8.14. The summed E-state index contributed by atoms with van der Waals surface area (Å²) in [7, 11) is 0. The molecule has 0 fully saturated rings. The third-order valence-corrected chi connectivity index (χ3v) is 3.10. The van der Waals surface area contributed by atoms with Crippen LogP contribution in [-0.4, -0.2) is 29.9 Å². The average Bonchev–Trinajstić information content (AvgIpc) is 2.64. The molecular weight excluding hydrogens is 211 g/mol. The molecular formula is C9H14F3NS. The standard InChI is InChI=1S/C9H14F3NS/c10-7(9(11)12)3-1-2-4-8-13-5-6-14-8/h7,9H,1-6H2. The predicted octanol–water partition coefficient (Wildman–Crippen LogP) is 3.30. The summed E-state index contributed by atoms with van der Waals surface area (Å²) in [4.78, 5) is 4.23. The number of hydrogen-bond donors (Lipinski definition) is 0. The van der Waals surface area contributed by atoms with Crippen LogP contribution in [0.3, 0.4) is 0 Å². The Labute approximate surface area is 86.2 Å². The van der Waals surface area contributed by atoms with Gasteiger partial charge >= 0.3 is 0 Å². The summed E-state index contributed by atoms with van der Waals surface area (Å²) in [5.74, 6) is 1.03. The first-order chi connectivity index (χ1) is 6.70. The van der Waals surface area contributed by atoms with Crippen molar-refractivity contribution in [2.24, 2.45) is 4.99 Å². The second kappa shape index (κ2) is 6.32. The van der Waals surface area contributed by atoms with Gasteiger partial charge in [0.15, 0.2) is 6.17 Å². The summed E-state index contributed by atoms with van der Waals surface area (Å²) in [6.45, 7) is 0.864. The highest BCUT2D eigenvalue weighted by Gasteiger charge is 2.18. The monoisotopic (exact) mass is 225 g/mol. The van der Waals surface area contributed by atoms with Crippen molar-refractivity contribution in [2.45, 2.75) is 38.3 Å². The van der Waals surface area contributed by atoms with E-state index in [0.29, 0.717) is 6.42 Å². The molecule has 0 aromatic heterocycles. The highest BCUT2D eigenvalue weighted by atomic mass is 32.2.